The maximum absolute atomic E-state index is 13.3. The zero-order chi connectivity index (χ0) is 22.1. The van der Waals surface area contributed by atoms with Gasteiger partial charge in [0, 0.05) is 12.3 Å². The van der Waals surface area contributed by atoms with Crippen LogP contribution in [-0.4, -0.2) is 37.4 Å². The van der Waals surface area contributed by atoms with E-state index < -0.39 is 0 Å². The fourth-order valence-electron chi connectivity index (χ4n) is 4.74. The van der Waals surface area contributed by atoms with Gasteiger partial charge in [0.2, 0.25) is 0 Å². The lowest BCUT2D eigenvalue weighted by molar-refractivity contribution is 0.0916. The number of nitrogens with zero attached hydrogens (tertiary/aromatic N) is 1. The summed E-state index contributed by atoms with van der Waals surface area (Å²) in [6, 6.07) is 5.62. The molecule has 2 heterocycles. The Morgan fingerprint density at radius 3 is 2.58 bits per heavy atom. The Labute approximate surface area is 182 Å². The normalized spacial score (nSPS) is 19.9. The Bertz CT molecular complexity index is 1050. The highest BCUT2D eigenvalue weighted by Gasteiger charge is 2.29. The van der Waals surface area contributed by atoms with Gasteiger partial charge in [-0.2, -0.15) is 0 Å². The lowest BCUT2D eigenvalue weighted by atomic mass is 10.0. The van der Waals surface area contributed by atoms with Gasteiger partial charge < -0.3 is 24.1 Å². The first-order chi connectivity index (χ1) is 14.9. The topological polar surface area (TPSA) is 78.8 Å². The van der Waals surface area contributed by atoms with Gasteiger partial charge in [-0.3, -0.25) is 9.59 Å². The van der Waals surface area contributed by atoms with Gasteiger partial charge in [0.05, 0.1) is 32.9 Å². The average Bonchev–Trinajstić information content (AvgIpc) is 3.39. The van der Waals surface area contributed by atoms with Crippen molar-refractivity contribution in [2.24, 2.45) is 0 Å². The van der Waals surface area contributed by atoms with Gasteiger partial charge in [0.15, 0.2) is 11.5 Å². The van der Waals surface area contributed by atoms with Crippen molar-refractivity contribution in [3.05, 3.63) is 56.5 Å². The van der Waals surface area contributed by atoms with Gasteiger partial charge >= 0.3 is 0 Å². The second-order valence-corrected chi connectivity index (χ2v) is 8.37. The van der Waals surface area contributed by atoms with Crippen molar-refractivity contribution in [1.29, 1.82) is 0 Å². The molecule has 1 N–H and O–H groups in total. The van der Waals surface area contributed by atoms with Crippen molar-refractivity contribution in [3.8, 4) is 11.5 Å². The highest BCUT2D eigenvalue weighted by Crippen LogP contribution is 2.39. The first-order valence-electron chi connectivity index (χ1n) is 10.8. The molecule has 0 bridgehead atoms. The predicted molar refractivity (Wildman–Crippen MR) is 117 cm³/mol. The van der Waals surface area contributed by atoms with Crippen LogP contribution in [0.4, 0.5) is 0 Å². The SMILES string of the molecule is COc1cc2c(cc1OC)[C@@H](NC(=O)c1c(C)cc(C)n(C[C@@H]3CCCO3)c1=O)CC2. The Morgan fingerprint density at radius 1 is 1.16 bits per heavy atom. The van der Waals surface area contributed by atoms with Crippen molar-refractivity contribution in [2.75, 3.05) is 20.8 Å². The third kappa shape index (κ3) is 4.06. The summed E-state index contributed by atoms with van der Waals surface area (Å²) < 4.78 is 18.2. The van der Waals surface area contributed by atoms with Crippen LogP contribution in [0, 0.1) is 13.8 Å². The summed E-state index contributed by atoms with van der Waals surface area (Å²) in [7, 11) is 3.21. The third-order valence-electron chi connectivity index (χ3n) is 6.37. The summed E-state index contributed by atoms with van der Waals surface area (Å²) in [4.78, 5) is 26.5. The Balaban J connectivity index is 1.61. The number of amides is 1. The predicted octanol–water partition coefficient (Wildman–Crippen LogP) is 3.08. The summed E-state index contributed by atoms with van der Waals surface area (Å²) in [5.41, 5.74) is 3.62. The third-order valence-corrected chi connectivity index (χ3v) is 6.37. The number of hydrogen-bond donors (Lipinski definition) is 1. The molecule has 31 heavy (non-hydrogen) atoms. The van der Waals surface area contributed by atoms with E-state index in [4.69, 9.17) is 14.2 Å². The Kier molecular flexibility index (Phi) is 6.05. The maximum Gasteiger partial charge on any atom is 0.263 e. The first kappa shape index (κ1) is 21.4. The number of methoxy groups -OCH3 is 2. The minimum absolute atomic E-state index is 0.0270. The number of pyridine rings is 1. The van der Waals surface area contributed by atoms with Crippen LogP contribution in [-0.2, 0) is 17.7 Å². The van der Waals surface area contributed by atoms with Gasteiger partial charge in [0.1, 0.15) is 5.56 Å². The van der Waals surface area contributed by atoms with Gasteiger partial charge in [-0.25, -0.2) is 0 Å². The molecule has 1 saturated heterocycles. The van der Waals surface area contributed by atoms with E-state index in [1.807, 2.05) is 32.0 Å². The molecular formula is C24H30N2O5. The molecule has 0 unspecified atom stereocenters. The lowest BCUT2D eigenvalue weighted by Crippen LogP contribution is -2.37. The van der Waals surface area contributed by atoms with E-state index in [9.17, 15) is 9.59 Å². The van der Waals surface area contributed by atoms with Gasteiger partial charge in [-0.1, -0.05) is 0 Å². The number of fused-ring (bicyclic) bond motifs is 1. The number of aryl methyl sites for hydroxylation is 3. The monoisotopic (exact) mass is 426 g/mol. The second kappa shape index (κ2) is 8.75. The fraction of sp³-hybridized carbons (Fsp3) is 0.500. The Morgan fingerprint density at radius 2 is 1.90 bits per heavy atom. The molecule has 4 rings (SSSR count). The van der Waals surface area contributed by atoms with Crippen LogP contribution < -0.4 is 20.3 Å². The molecule has 2 atom stereocenters. The molecule has 0 radical (unpaired) electrons. The molecule has 2 aromatic rings. The van der Waals surface area contributed by atoms with Crippen LogP contribution >= 0.6 is 0 Å². The molecule has 1 aliphatic heterocycles. The van der Waals surface area contributed by atoms with Gasteiger partial charge in [-0.15, -0.1) is 0 Å². The number of benzene rings is 1. The summed E-state index contributed by atoms with van der Waals surface area (Å²) in [6.07, 6.45) is 3.57. The summed E-state index contributed by atoms with van der Waals surface area (Å²) in [5, 5.41) is 3.08. The van der Waals surface area contributed by atoms with E-state index in [2.05, 4.69) is 5.32 Å². The number of nitrogens with one attached hydrogen (secondary N) is 1. The quantitative estimate of drug-likeness (QED) is 0.768. The van der Waals surface area contributed by atoms with Crippen molar-refractivity contribution in [1.82, 2.24) is 9.88 Å². The molecule has 1 amide bonds. The molecule has 0 saturated carbocycles. The number of carbonyl (C=O) groups is 1. The van der Waals surface area contributed by atoms with E-state index in [0.29, 0.717) is 23.6 Å². The number of rotatable bonds is 6. The number of hydrogen-bond acceptors (Lipinski definition) is 5. The van der Waals surface area contributed by atoms with E-state index in [1.165, 1.54) is 0 Å². The van der Waals surface area contributed by atoms with Crippen molar-refractivity contribution < 1.29 is 19.0 Å². The molecule has 7 nitrogen and oxygen atoms in total. The molecular weight excluding hydrogens is 396 g/mol. The largest absolute Gasteiger partial charge is 0.493 e. The highest BCUT2D eigenvalue weighted by atomic mass is 16.5. The molecule has 1 aliphatic carbocycles. The van der Waals surface area contributed by atoms with Crippen molar-refractivity contribution >= 4 is 5.91 Å². The average molecular weight is 427 g/mol. The van der Waals surface area contributed by atoms with Crippen LogP contribution in [0.1, 0.15) is 58.0 Å². The number of aromatic nitrogens is 1. The van der Waals surface area contributed by atoms with Crippen LogP contribution in [0.3, 0.4) is 0 Å². The van der Waals surface area contributed by atoms with Crippen molar-refractivity contribution in [3.63, 3.8) is 0 Å². The molecule has 0 spiro atoms. The van der Waals surface area contributed by atoms with E-state index in [1.54, 1.807) is 18.8 Å². The van der Waals surface area contributed by atoms with E-state index >= 15 is 0 Å². The fourth-order valence-corrected chi connectivity index (χ4v) is 4.74. The number of ether oxygens (including phenoxy) is 3. The lowest BCUT2D eigenvalue weighted by Gasteiger charge is -2.19. The standard InChI is InChI=1S/C24H30N2O5/c1-14-10-15(2)26(13-17-6-5-9-31-17)24(28)22(14)23(27)25-19-8-7-16-11-20(29-3)21(30-4)12-18(16)19/h10-12,17,19H,5-9,13H2,1-4H3,(H,25,27)/t17-,19-/m0/s1. The molecule has 166 valence electrons. The minimum atomic E-state index is -0.337. The Hall–Kier alpha value is -2.80. The highest BCUT2D eigenvalue weighted by molar-refractivity contribution is 5.95. The molecule has 1 aromatic carbocycles. The van der Waals surface area contributed by atoms with Crippen LogP contribution in [0.25, 0.3) is 0 Å². The van der Waals surface area contributed by atoms with Crippen molar-refractivity contribution in [2.45, 2.75) is 58.2 Å². The number of carbonyl (C=O) groups excluding carboxylic acids is 1. The molecule has 1 fully saturated rings. The van der Waals surface area contributed by atoms with Crippen LogP contribution in [0.5, 0.6) is 11.5 Å². The smallest absolute Gasteiger partial charge is 0.263 e. The summed E-state index contributed by atoms with van der Waals surface area (Å²) >= 11 is 0. The molecule has 1 aromatic heterocycles. The maximum atomic E-state index is 13.3. The molecule has 2 aliphatic rings. The van der Waals surface area contributed by atoms with E-state index in [-0.39, 0.29) is 29.2 Å². The van der Waals surface area contributed by atoms with Gasteiger partial charge in [0.25, 0.3) is 11.5 Å². The van der Waals surface area contributed by atoms with Crippen LogP contribution in [0.15, 0.2) is 23.0 Å². The van der Waals surface area contributed by atoms with Gasteiger partial charge in [-0.05, 0) is 74.4 Å². The summed E-state index contributed by atoms with van der Waals surface area (Å²) in [5.74, 6) is 0.976. The zero-order valence-electron chi connectivity index (χ0n) is 18.6. The summed E-state index contributed by atoms with van der Waals surface area (Å²) in [6.45, 7) is 4.93. The van der Waals surface area contributed by atoms with E-state index in [0.717, 1.165) is 49.1 Å². The van der Waals surface area contributed by atoms with Crippen LogP contribution in [0.2, 0.25) is 0 Å². The zero-order valence-corrected chi connectivity index (χ0v) is 18.6. The molecule has 7 heteroatoms. The second-order valence-electron chi connectivity index (χ2n) is 8.37. The minimum Gasteiger partial charge on any atom is -0.493 e. The first-order valence-corrected chi connectivity index (χ1v) is 10.8.